The summed E-state index contributed by atoms with van der Waals surface area (Å²) < 4.78 is 6.28. The lowest BCUT2D eigenvalue weighted by molar-refractivity contribution is 0.0687. The van der Waals surface area contributed by atoms with E-state index in [9.17, 15) is 9.59 Å². The van der Waals surface area contributed by atoms with Crippen molar-refractivity contribution in [3.63, 3.8) is 0 Å². The molecule has 1 aromatic heterocycles. The highest BCUT2D eigenvalue weighted by molar-refractivity contribution is 5.92. The number of hydrogen-bond acceptors (Lipinski definition) is 4. The fourth-order valence-corrected chi connectivity index (χ4v) is 1.58. The Morgan fingerprint density at radius 3 is 3.00 bits per heavy atom. The third kappa shape index (κ3) is 1.34. The normalized spacial score (nSPS) is 14.3. The van der Waals surface area contributed by atoms with Crippen LogP contribution in [0.3, 0.4) is 0 Å². The number of ether oxygens (including phenoxy) is 1. The smallest absolute Gasteiger partial charge is 0.353 e. The van der Waals surface area contributed by atoms with E-state index in [1.165, 1.54) is 6.07 Å². The molecule has 0 amide bonds. The van der Waals surface area contributed by atoms with Gasteiger partial charge in [0.15, 0.2) is 0 Å². The lowest BCUT2D eigenvalue weighted by atomic mass is 10.3. The Labute approximate surface area is 85.7 Å². The van der Waals surface area contributed by atoms with Crippen molar-refractivity contribution in [3.8, 4) is 5.88 Å². The van der Waals surface area contributed by atoms with Crippen molar-refractivity contribution in [3.05, 3.63) is 11.8 Å². The van der Waals surface area contributed by atoms with Gasteiger partial charge < -0.3 is 14.7 Å². The minimum absolute atomic E-state index is 0.0799. The van der Waals surface area contributed by atoms with Crippen LogP contribution in [0.2, 0.25) is 0 Å². The maximum absolute atomic E-state index is 10.9. The van der Waals surface area contributed by atoms with Gasteiger partial charge >= 0.3 is 5.97 Å². The minimum Gasteiger partial charge on any atom is -0.477 e. The van der Waals surface area contributed by atoms with Crippen LogP contribution < -0.4 is 9.64 Å². The molecule has 0 radical (unpaired) electrons. The van der Waals surface area contributed by atoms with Gasteiger partial charge in [-0.1, -0.05) is 0 Å². The van der Waals surface area contributed by atoms with Crippen LogP contribution in [0.25, 0.3) is 0 Å². The first-order valence-electron chi connectivity index (χ1n) is 4.43. The Morgan fingerprint density at radius 1 is 1.67 bits per heavy atom. The van der Waals surface area contributed by atoms with Gasteiger partial charge in [0.05, 0.1) is 6.54 Å². The molecule has 0 fully saturated rings. The maximum Gasteiger partial charge on any atom is 0.353 e. The molecule has 2 heterocycles. The number of carboxylic acid groups (broad SMARTS) is 1. The molecule has 1 aromatic rings. The van der Waals surface area contributed by atoms with Crippen LogP contribution in [0.1, 0.15) is 10.5 Å². The predicted molar refractivity (Wildman–Crippen MR) is 52.3 cm³/mol. The SMILES string of the molecule is CN1CCOc2c1cc(C(=O)O)n2C=O. The number of rotatable bonds is 2. The Balaban J connectivity index is 2.60. The zero-order valence-electron chi connectivity index (χ0n) is 8.14. The highest BCUT2D eigenvalue weighted by Crippen LogP contribution is 2.33. The first-order chi connectivity index (χ1) is 7.15. The van der Waals surface area contributed by atoms with Gasteiger partial charge in [-0.2, -0.15) is 0 Å². The molecule has 0 saturated heterocycles. The molecule has 0 unspecified atom stereocenters. The lowest BCUT2D eigenvalue weighted by Gasteiger charge is -2.24. The molecule has 80 valence electrons. The lowest BCUT2D eigenvalue weighted by Crippen LogP contribution is -2.28. The van der Waals surface area contributed by atoms with E-state index in [4.69, 9.17) is 9.84 Å². The summed E-state index contributed by atoms with van der Waals surface area (Å²) in [6, 6.07) is 1.44. The van der Waals surface area contributed by atoms with Gasteiger partial charge in [0.2, 0.25) is 12.3 Å². The van der Waals surface area contributed by atoms with Gasteiger partial charge in [-0.15, -0.1) is 0 Å². The monoisotopic (exact) mass is 210 g/mol. The van der Waals surface area contributed by atoms with E-state index in [1.807, 2.05) is 11.9 Å². The zero-order valence-corrected chi connectivity index (χ0v) is 8.14. The van der Waals surface area contributed by atoms with E-state index in [0.717, 1.165) is 4.57 Å². The van der Waals surface area contributed by atoms with Gasteiger partial charge in [0.1, 0.15) is 18.0 Å². The minimum atomic E-state index is -1.14. The number of fused-ring (bicyclic) bond motifs is 1. The summed E-state index contributed by atoms with van der Waals surface area (Å²) in [5.74, 6) is -0.843. The van der Waals surface area contributed by atoms with E-state index in [1.54, 1.807) is 0 Å². The van der Waals surface area contributed by atoms with E-state index in [0.29, 0.717) is 31.1 Å². The number of anilines is 1. The second-order valence-electron chi connectivity index (χ2n) is 3.27. The predicted octanol–water partition coefficient (Wildman–Crippen LogP) is 0.0532. The fourth-order valence-electron chi connectivity index (χ4n) is 1.58. The van der Waals surface area contributed by atoms with E-state index in [2.05, 4.69) is 0 Å². The summed E-state index contributed by atoms with van der Waals surface area (Å²) in [6.07, 6.45) is 0.446. The molecular weight excluding hydrogens is 200 g/mol. The molecule has 1 aliphatic heterocycles. The van der Waals surface area contributed by atoms with Gasteiger partial charge in [-0.25, -0.2) is 9.36 Å². The highest BCUT2D eigenvalue weighted by atomic mass is 16.5. The number of carbonyl (C=O) groups is 2. The first kappa shape index (κ1) is 9.57. The van der Waals surface area contributed by atoms with Gasteiger partial charge in [0.25, 0.3) is 0 Å². The molecule has 0 saturated carbocycles. The highest BCUT2D eigenvalue weighted by Gasteiger charge is 2.25. The fraction of sp³-hybridized carbons (Fsp3) is 0.333. The summed E-state index contributed by atoms with van der Waals surface area (Å²) >= 11 is 0. The van der Waals surface area contributed by atoms with Crippen molar-refractivity contribution in [2.45, 2.75) is 0 Å². The second-order valence-corrected chi connectivity index (χ2v) is 3.27. The molecule has 0 spiro atoms. The number of likely N-dealkylation sites (N-methyl/N-ethyl adjacent to an activating group) is 1. The van der Waals surface area contributed by atoms with Gasteiger partial charge in [-0.3, -0.25) is 4.79 Å². The van der Waals surface area contributed by atoms with Crippen LogP contribution in [0, 0.1) is 0 Å². The summed E-state index contributed by atoms with van der Waals surface area (Å²) in [4.78, 5) is 23.5. The second kappa shape index (κ2) is 3.30. The topological polar surface area (TPSA) is 71.8 Å². The quantitative estimate of drug-likeness (QED) is 0.698. The molecule has 0 aliphatic carbocycles. The van der Waals surface area contributed by atoms with Crippen LogP contribution in [-0.4, -0.2) is 42.3 Å². The molecule has 0 atom stereocenters. The van der Waals surface area contributed by atoms with Crippen LogP contribution >= 0.6 is 0 Å². The van der Waals surface area contributed by atoms with Crippen molar-refractivity contribution < 1.29 is 19.4 Å². The third-order valence-corrected chi connectivity index (χ3v) is 2.37. The first-order valence-corrected chi connectivity index (χ1v) is 4.43. The van der Waals surface area contributed by atoms with Crippen LogP contribution in [0.5, 0.6) is 5.88 Å². The molecule has 1 N–H and O–H groups in total. The molecule has 0 aromatic carbocycles. The van der Waals surface area contributed by atoms with Crippen molar-refractivity contribution in [1.82, 2.24) is 4.57 Å². The zero-order chi connectivity index (χ0) is 11.0. The van der Waals surface area contributed by atoms with Crippen molar-refractivity contribution in [2.24, 2.45) is 0 Å². The largest absolute Gasteiger partial charge is 0.477 e. The number of hydrogen-bond donors (Lipinski definition) is 1. The van der Waals surface area contributed by atoms with Gasteiger partial charge in [-0.05, 0) is 6.07 Å². The number of carboxylic acids is 1. The maximum atomic E-state index is 10.9. The molecule has 15 heavy (non-hydrogen) atoms. The molecule has 2 rings (SSSR count). The van der Waals surface area contributed by atoms with E-state index < -0.39 is 5.97 Å². The van der Waals surface area contributed by atoms with Crippen LogP contribution in [0.15, 0.2) is 6.07 Å². The Hall–Kier alpha value is -1.98. The summed E-state index contributed by atoms with van der Waals surface area (Å²) in [5, 5.41) is 8.88. The van der Waals surface area contributed by atoms with Crippen LogP contribution in [-0.2, 0) is 4.79 Å². The summed E-state index contributed by atoms with van der Waals surface area (Å²) in [5.41, 5.74) is 0.550. The van der Waals surface area contributed by atoms with Crippen molar-refractivity contribution in [2.75, 3.05) is 25.1 Å². The molecule has 1 aliphatic rings. The molecular formula is C9H10N2O4. The Bertz CT molecular complexity index is 424. The average molecular weight is 210 g/mol. The van der Waals surface area contributed by atoms with Crippen molar-refractivity contribution in [1.29, 1.82) is 0 Å². The average Bonchev–Trinajstić information content (AvgIpc) is 2.57. The number of aromatic nitrogens is 1. The number of nitrogens with zero attached hydrogens (tertiary/aromatic N) is 2. The van der Waals surface area contributed by atoms with E-state index >= 15 is 0 Å². The standard InChI is InChI=1S/C9H10N2O4/c1-10-2-3-15-8-6(10)4-7(9(13)14)11(8)5-12/h4-5H,2-3H2,1H3,(H,13,14). The van der Waals surface area contributed by atoms with Crippen LogP contribution in [0.4, 0.5) is 5.69 Å². The third-order valence-electron chi connectivity index (χ3n) is 2.37. The van der Waals surface area contributed by atoms with Crippen molar-refractivity contribution >= 4 is 18.1 Å². The van der Waals surface area contributed by atoms with Gasteiger partial charge in [0, 0.05) is 7.05 Å². The number of aromatic carboxylic acids is 1. The number of carbonyl (C=O) groups excluding carboxylic acids is 1. The molecule has 0 bridgehead atoms. The molecule has 6 nitrogen and oxygen atoms in total. The van der Waals surface area contributed by atoms with E-state index in [-0.39, 0.29) is 5.69 Å². The Kier molecular flexibility index (Phi) is 2.11. The summed E-state index contributed by atoms with van der Waals surface area (Å²) in [6.45, 7) is 1.12. The summed E-state index contributed by atoms with van der Waals surface area (Å²) in [7, 11) is 1.82. The molecule has 6 heteroatoms. The Morgan fingerprint density at radius 2 is 2.40 bits per heavy atom.